The van der Waals surface area contributed by atoms with E-state index in [2.05, 4.69) is 184 Å². The zero-order chi connectivity index (χ0) is 51.2. The third-order valence-corrected chi connectivity index (χ3v) is 19.5. The molecule has 2 radical (unpaired) electrons. The Morgan fingerprint density at radius 2 is 0.579 bits per heavy atom. The van der Waals surface area contributed by atoms with Crippen LogP contribution in [-0.2, 0) is 36.2 Å². The summed E-state index contributed by atoms with van der Waals surface area (Å²) in [4.78, 5) is 0. The Bertz CT molecular complexity index is 2880. The van der Waals surface area contributed by atoms with Gasteiger partial charge in [-0.25, -0.2) is 0 Å². The van der Waals surface area contributed by atoms with E-state index in [1.54, 1.807) is 11.1 Å². The molecule has 0 aliphatic heterocycles. The molecule has 8 aromatic rings. The van der Waals surface area contributed by atoms with Gasteiger partial charge in [-0.15, -0.1) is 44.8 Å². The number of rotatable bonds is 8. The van der Waals surface area contributed by atoms with Gasteiger partial charge in [0.05, 0.1) is 0 Å². The van der Waals surface area contributed by atoms with Gasteiger partial charge >= 0.3 is 30.2 Å². The average Bonchev–Trinajstić information content (AvgIpc) is 3.93. The summed E-state index contributed by atoms with van der Waals surface area (Å²) in [5.74, 6) is 6.07. The molecule has 8 aliphatic rings. The molecule has 8 aliphatic carbocycles. The number of aryl methyl sites for hydroxylation is 8. The van der Waals surface area contributed by atoms with Crippen LogP contribution < -0.4 is 0 Å². The third kappa shape index (κ3) is 10.9. The molecule has 76 heavy (non-hydrogen) atoms. The molecule has 0 unspecified atom stereocenters. The maximum absolute atomic E-state index is 3.06. The van der Waals surface area contributed by atoms with Crippen molar-refractivity contribution in [1.82, 2.24) is 0 Å². The van der Waals surface area contributed by atoms with Crippen molar-refractivity contribution in [1.29, 1.82) is 0 Å². The first-order valence-electron chi connectivity index (χ1n) is 28.7. The number of fused-ring (bicyclic) bond motifs is 2. The normalized spacial score (nSPS) is 25.4. The van der Waals surface area contributed by atoms with Gasteiger partial charge in [0.15, 0.2) is 0 Å². The second kappa shape index (κ2) is 21.7. The first kappa shape index (κ1) is 55.0. The first-order chi connectivity index (χ1) is 35.6. The number of hydrogen-bond donors (Lipinski definition) is 0. The monoisotopic (exact) mass is 1090 g/mol. The quantitative estimate of drug-likeness (QED) is 0.105. The van der Waals surface area contributed by atoms with E-state index in [0.29, 0.717) is 10.8 Å². The van der Waals surface area contributed by atoms with Gasteiger partial charge in [-0.1, -0.05) is 175 Å². The molecule has 8 bridgehead atoms. The van der Waals surface area contributed by atoms with Crippen LogP contribution >= 0.6 is 0 Å². The van der Waals surface area contributed by atoms with Crippen LogP contribution in [0.4, 0.5) is 0 Å². The van der Waals surface area contributed by atoms with Crippen LogP contribution in [-0.4, -0.2) is 6.88 Å². The van der Waals surface area contributed by atoms with Gasteiger partial charge in [-0.05, 0) is 203 Å². The summed E-state index contributed by atoms with van der Waals surface area (Å²) < 4.78 is 0. The van der Waals surface area contributed by atoms with E-state index in [4.69, 9.17) is 0 Å². The van der Waals surface area contributed by atoms with Crippen LogP contribution in [0.2, 0.25) is 0 Å². The van der Waals surface area contributed by atoms with Crippen LogP contribution in [0.25, 0.3) is 66.1 Å². The Labute approximate surface area is 476 Å². The summed E-state index contributed by atoms with van der Waals surface area (Å²) in [6, 6.07) is 47.9. The van der Waals surface area contributed by atoms with Crippen LogP contribution in [0.5, 0.6) is 0 Å². The zero-order valence-corrected chi connectivity index (χ0v) is 51.4. The molecule has 392 valence electrons. The van der Waals surface area contributed by atoms with Crippen LogP contribution in [0.1, 0.15) is 133 Å². The Hall–Kier alpha value is -4.36. The minimum absolute atomic E-state index is 0. The Balaban J connectivity index is 0.000000163. The average molecular weight is 1090 g/mol. The summed E-state index contributed by atoms with van der Waals surface area (Å²) in [5.41, 5.74) is 26.0. The Kier molecular flexibility index (Phi) is 15.7. The van der Waals surface area contributed by atoms with Gasteiger partial charge in [0.2, 0.25) is 0 Å². The molecule has 0 atom stereocenters. The van der Waals surface area contributed by atoms with E-state index in [1.807, 2.05) is 0 Å². The van der Waals surface area contributed by atoms with Crippen molar-refractivity contribution in [2.75, 3.05) is 0 Å². The van der Waals surface area contributed by atoms with Gasteiger partial charge in [0.25, 0.3) is 0 Å². The second-order valence-corrected chi connectivity index (χ2v) is 26.4. The molecule has 0 aromatic heterocycles. The Morgan fingerprint density at radius 1 is 0.355 bits per heavy atom. The van der Waals surface area contributed by atoms with E-state index < -0.39 is 0 Å². The predicted octanol–water partition coefficient (Wildman–Crippen LogP) is 20.3. The van der Waals surface area contributed by atoms with E-state index in [0.717, 1.165) is 35.5 Å². The van der Waals surface area contributed by atoms with Crippen molar-refractivity contribution < 1.29 is 23.3 Å². The van der Waals surface area contributed by atoms with Gasteiger partial charge in [-0.2, -0.15) is 12.1 Å². The van der Waals surface area contributed by atoms with Crippen LogP contribution in [0, 0.1) is 117 Å². The van der Waals surface area contributed by atoms with Crippen molar-refractivity contribution in [2.45, 2.75) is 145 Å². The summed E-state index contributed by atoms with van der Waals surface area (Å²) in [6.07, 6.45) is 20.6. The van der Waals surface area contributed by atoms with Gasteiger partial charge in [0.1, 0.15) is 0 Å². The minimum atomic E-state index is 0. The molecule has 0 heterocycles. The second-order valence-electron chi connectivity index (χ2n) is 26.4. The van der Waals surface area contributed by atoms with E-state index >= 15 is 0 Å². The molecule has 0 amide bonds. The van der Waals surface area contributed by atoms with Gasteiger partial charge in [-0.3, -0.25) is 0 Å². The van der Waals surface area contributed by atoms with E-state index in [1.165, 1.54) is 224 Å². The van der Waals surface area contributed by atoms with Crippen LogP contribution in [0.3, 0.4) is 0 Å². The molecule has 8 saturated carbocycles. The van der Waals surface area contributed by atoms with E-state index in [9.17, 15) is 0 Å². The predicted molar refractivity (Wildman–Crippen MR) is 326 cm³/mol. The molecule has 8 aromatic carbocycles. The van der Waals surface area contributed by atoms with Gasteiger partial charge < -0.3 is 14.9 Å². The summed E-state index contributed by atoms with van der Waals surface area (Å²) >= 11 is 1.36. The molecular formula is C74H84SiZr-4. The third-order valence-electron chi connectivity index (χ3n) is 19.5. The molecule has 0 saturated heterocycles. The molecular weight excluding hydrogens is 1010 g/mol. The SMILES string of the molecule is Cc1cc(C)cc(-c2ccc(-c3cc(C)cc(C)c3)c3[cH-]c(CC45CC6CC(CC(C6)C4)C5)cc23)c1.Cc1cc(C)cc(-c2ccc(-c3cc(C)cc(C)c3)c3[cH-]c(CC45CC6CC(CC(C6)C4)C5)cc23)c1.[CH3-].[CH3-].[Si]=[Zr]. The Morgan fingerprint density at radius 3 is 0.829 bits per heavy atom. The summed E-state index contributed by atoms with van der Waals surface area (Å²) in [5, 5.41) is 5.76. The summed E-state index contributed by atoms with van der Waals surface area (Å²) in [7, 11) is 0. The fraction of sp³-hybridized carbons (Fsp3) is 0.405. The molecule has 0 spiro atoms. The van der Waals surface area contributed by atoms with Crippen molar-refractivity contribution >= 4 is 28.4 Å². The molecule has 0 N–H and O–H groups in total. The molecule has 2 heteroatoms. The van der Waals surface area contributed by atoms with Crippen molar-refractivity contribution in [2.24, 2.45) is 46.3 Å². The fourth-order valence-corrected chi connectivity index (χ4v) is 18.3. The van der Waals surface area contributed by atoms with Crippen molar-refractivity contribution in [3.05, 3.63) is 192 Å². The fourth-order valence-electron chi connectivity index (χ4n) is 18.3. The molecule has 0 nitrogen and oxygen atoms in total. The topological polar surface area (TPSA) is 0 Å². The van der Waals surface area contributed by atoms with Crippen molar-refractivity contribution in [3.8, 4) is 44.5 Å². The standard InChI is InChI=1S/2C36H39.2CH3.Si.Zr/c2*1-22-7-23(2)10-30(9-22)32-5-6-33(31-11-24(3)8-25(4)12-31)35-17-29(16-34(32)35)21-36-18-26-13-27(19-36)15-28(14-26)20-36;;;;/h2*5-12,16-17,26-28H,13-15,18-21H2,1-4H3;2*1H3;;/q4*-1;;. The molecule has 16 rings (SSSR count). The number of hydrogen-bond acceptors (Lipinski definition) is 0. The van der Waals surface area contributed by atoms with Crippen molar-refractivity contribution in [3.63, 3.8) is 0 Å². The maximum atomic E-state index is 3.06. The zero-order valence-electron chi connectivity index (χ0n) is 47.9. The molecule has 8 fully saturated rings. The number of benzene rings is 6. The van der Waals surface area contributed by atoms with Crippen LogP contribution in [0.15, 0.2) is 121 Å². The summed E-state index contributed by atoms with van der Waals surface area (Å²) in [6.45, 7) is 20.8. The van der Waals surface area contributed by atoms with Gasteiger partial charge in [0, 0.05) is 0 Å². The first-order valence-corrected chi connectivity index (χ1v) is 32.9. The van der Waals surface area contributed by atoms with E-state index in [-0.39, 0.29) is 14.9 Å².